The Morgan fingerprint density at radius 3 is 2.90 bits per heavy atom. The molecule has 1 fully saturated rings. The van der Waals surface area contributed by atoms with Crippen LogP contribution in [0.15, 0.2) is 24.3 Å². The lowest BCUT2D eigenvalue weighted by molar-refractivity contribution is -0.134. The molecule has 0 aromatic heterocycles. The monoisotopic (exact) mass is 357 g/mol. The Balaban J connectivity index is 2.03. The van der Waals surface area contributed by atoms with Gasteiger partial charge in [-0.25, -0.2) is 0 Å². The fourth-order valence-electron chi connectivity index (χ4n) is 2.84. The molecule has 4 heteroatoms. The number of piperidine rings is 1. The summed E-state index contributed by atoms with van der Waals surface area (Å²) in [7, 11) is 0. The molecule has 20 heavy (non-hydrogen) atoms. The molecular weight excluding hydrogens is 338 g/mol. The summed E-state index contributed by atoms with van der Waals surface area (Å²) in [6.07, 6.45) is 5.17. The molecule has 1 heterocycles. The van der Waals surface area contributed by atoms with Gasteiger partial charge in [-0.1, -0.05) is 52.7 Å². The van der Waals surface area contributed by atoms with Gasteiger partial charge in [-0.2, -0.15) is 0 Å². The van der Waals surface area contributed by atoms with Crippen molar-refractivity contribution in [1.82, 2.24) is 4.90 Å². The Morgan fingerprint density at radius 1 is 1.45 bits per heavy atom. The predicted octanol–water partition coefficient (Wildman–Crippen LogP) is 4.44. The van der Waals surface area contributed by atoms with Crippen molar-refractivity contribution in [3.8, 4) is 0 Å². The topological polar surface area (TPSA) is 20.3 Å². The molecule has 0 aliphatic carbocycles. The first-order chi connectivity index (χ1) is 9.63. The summed E-state index contributed by atoms with van der Waals surface area (Å²) in [4.78, 5) is 14.5. The molecule has 2 rings (SSSR count). The van der Waals surface area contributed by atoms with E-state index in [0.29, 0.717) is 12.5 Å². The van der Waals surface area contributed by atoms with Crippen LogP contribution >= 0.6 is 27.5 Å². The number of nitrogens with zero attached hydrogens (tertiary/aromatic N) is 1. The van der Waals surface area contributed by atoms with Crippen LogP contribution in [0, 0.1) is 0 Å². The third-order valence-electron chi connectivity index (χ3n) is 4.01. The number of halogens is 2. The fraction of sp³-hybridized carbons (Fsp3) is 0.562. The third kappa shape index (κ3) is 3.76. The van der Waals surface area contributed by atoms with Gasteiger partial charge in [-0.15, -0.1) is 0 Å². The minimum absolute atomic E-state index is 0.186. The van der Waals surface area contributed by atoms with Crippen LogP contribution < -0.4 is 0 Å². The van der Waals surface area contributed by atoms with Crippen molar-refractivity contribution in [1.29, 1.82) is 0 Å². The van der Waals surface area contributed by atoms with Gasteiger partial charge in [0, 0.05) is 17.6 Å². The van der Waals surface area contributed by atoms with Crippen LogP contribution in [0.5, 0.6) is 0 Å². The Bertz CT molecular complexity index is 466. The number of benzene rings is 1. The second-order valence-corrected chi connectivity index (χ2v) is 6.87. The lowest BCUT2D eigenvalue weighted by atomic mass is 9.99. The smallest absolute Gasteiger partial charge is 0.236 e. The zero-order valence-corrected chi connectivity index (χ0v) is 14.2. The zero-order chi connectivity index (χ0) is 14.5. The van der Waals surface area contributed by atoms with E-state index in [9.17, 15) is 4.79 Å². The molecule has 1 aliphatic rings. The Kier molecular flexibility index (Phi) is 5.91. The summed E-state index contributed by atoms with van der Waals surface area (Å²) in [6.45, 7) is 3.05. The van der Waals surface area contributed by atoms with Crippen molar-refractivity contribution in [3.63, 3.8) is 0 Å². The first-order valence-electron chi connectivity index (χ1n) is 7.31. The van der Waals surface area contributed by atoms with Gasteiger partial charge < -0.3 is 4.90 Å². The molecule has 0 N–H and O–H groups in total. The summed E-state index contributed by atoms with van der Waals surface area (Å²) in [6, 6.07) is 8.13. The minimum atomic E-state index is -0.186. The first-order valence-corrected chi connectivity index (χ1v) is 8.60. The third-order valence-corrected chi connectivity index (χ3v) is 5.09. The Hall–Kier alpha value is -0.540. The Labute approximate surface area is 134 Å². The molecule has 0 radical (unpaired) electrons. The van der Waals surface area contributed by atoms with Crippen molar-refractivity contribution >= 4 is 33.4 Å². The van der Waals surface area contributed by atoms with Crippen molar-refractivity contribution in [3.05, 3.63) is 34.9 Å². The average molecular weight is 359 g/mol. The maximum Gasteiger partial charge on any atom is 0.236 e. The summed E-state index contributed by atoms with van der Waals surface area (Å²) in [5.74, 6) is 0.205. The zero-order valence-electron chi connectivity index (χ0n) is 11.8. The molecule has 1 amide bonds. The minimum Gasteiger partial charge on any atom is -0.339 e. The number of rotatable bonds is 4. The van der Waals surface area contributed by atoms with E-state index in [4.69, 9.17) is 11.6 Å². The van der Waals surface area contributed by atoms with Gasteiger partial charge in [-0.05, 0) is 43.7 Å². The van der Waals surface area contributed by atoms with E-state index in [2.05, 4.69) is 27.8 Å². The van der Waals surface area contributed by atoms with Crippen LogP contribution in [0.25, 0.3) is 0 Å². The summed E-state index contributed by atoms with van der Waals surface area (Å²) in [5.41, 5.74) is 1.02. The molecule has 1 aliphatic heterocycles. The van der Waals surface area contributed by atoms with Gasteiger partial charge in [-0.3, -0.25) is 4.79 Å². The first kappa shape index (κ1) is 15.8. The van der Waals surface area contributed by atoms with E-state index in [1.807, 2.05) is 24.3 Å². The second-order valence-electron chi connectivity index (χ2n) is 5.35. The van der Waals surface area contributed by atoms with Gasteiger partial charge in [0.05, 0.1) is 4.83 Å². The summed E-state index contributed by atoms with van der Waals surface area (Å²) in [5, 5.41) is 0.732. The van der Waals surface area contributed by atoms with E-state index in [1.165, 1.54) is 6.42 Å². The number of carbonyl (C=O) groups excluding carboxylic acids is 1. The van der Waals surface area contributed by atoms with Crippen molar-refractivity contribution in [2.75, 3.05) is 6.54 Å². The van der Waals surface area contributed by atoms with E-state index >= 15 is 0 Å². The van der Waals surface area contributed by atoms with Gasteiger partial charge >= 0.3 is 0 Å². The molecule has 110 valence electrons. The average Bonchev–Trinajstić information content (AvgIpc) is 2.48. The molecular formula is C16H21BrClNO. The molecule has 2 atom stereocenters. The lowest BCUT2D eigenvalue weighted by Crippen LogP contribution is -2.47. The van der Waals surface area contributed by atoms with E-state index < -0.39 is 0 Å². The molecule has 1 saturated heterocycles. The van der Waals surface area contributed by atoms with E-state index in [0.717, 1.165) is 36.4 Å². The van der Waals surface area contributed by atoms with Gasteiger partial charge in [0.25, 0.3) is 0 Å². The quantitative estimate of drug-likeness (QED) is 0.729. The normalized spacial score (nSPS) is 20.8. The summed E-state index contributed by atoms with van der Waals surface area (Å²) >= 11 is 9.73. The highest BCUT2D eigenvalue weighted by atomic mass is 79.9. The van der Waals surface area contributed by atoms with Gasteiger partial charge in [0.2, 0.25) is 5.91 Å². The molecule has 0 spiro atoms. The summed E-state index contributed by atoms with van der Waals surface area (Å²) < 4.78 is 0. The highest BCUT2D eigenvalue weighted by molar-refractivity contribution is 9.10. The van der Waals surface area contributed by atoms with Crippen LogP contribution in [0.4, 0.5) is 0 Å². The number of hydrogen-bond acceptors (Lipinski definition) is 1. The highest BCUT2D eigenvalue weighted by Crippen LogP contribution is 2.25. The van der Waals surface area contributed by atoms with Crippen LogP contribution in [0.1, 0.15) is 38.2 Å². The van der Waals surface area contributed by atoms with Crippen LogP contribution in [0.2, 0.25) is 5.02 Å². The van der Waals surface area contributed by atoms with Crippen LogP contribution in [0.3, 0.4) is 0 Å². The van der Waals surface area contributed by atoms with Crippen molar-refractivity contribution in [2.24, 2.45) is 0 Å². The number of hydrogen-bond donors (Lipinski definition) is 0. The van der Waals surface area contributed by atoms with Gasteiger partial charge in [0.15, 0.2) is 0 Å². The van der Waals surface area contributed by atoms with Crippen LogP contribution in [-0.4, -0.2) is 28.2 Å². The second kappa shape index (κ2) is 7.46. The lowest BCUT2D eigenvalue weighted by Gasteiger charge is -2.36. The van der Waals surface area contributed by atoms with E-state index in [1.54, 1.807) is 0 Å². The standard InChI is InChI=1S/C16H21BrClNO/c1-2-13-8-5-6-10-19(13)16(20)14(17)11-12-7-3-4-9-15(12)18/h3-4,7,9,13-14H,2,5-6,8,10-11H2,1H3. The predicted molar refractivity (Wildman–Crippen MR) is 87.5 cm³/mol. The maximum atomic E-state index is 12.6. The Morgan fingerprint density at radius 2 is 2.20 bits per heavy atom. The van der Waals surface area contributed by atoms with Crippen molar-refractivity contribution < 1.29 is 4.79 Å². The SMILES string of the molecule is CCC1CCCCN1C(=O)C(Br)Cc1ccccc1Cl. The van der Waals surface area contributed by atoms with Crippen molar-refractivity contribution in [2.45, 2.75) is 49.9 Å². The number of carbonyl (C=O) groups is 1. The molecule has 1 aromatic carbocycles. The molecule has 0 bridgehead atoms. The maximum absolute atomic E-state index is 12.6. The molecule has 0 saturated carbocycles. The number of likely N-dealkylation sites (tertiary alicyclic amines) is 1. The molecule has 1 aromatic rings. The molecule has 2 unspecified atom stereocenters. The molecule has 2 nitrogen and oxygen atoms in total. The van der Waals surface area contributed by atoms with Crippen LogP contribution in [-0.2, 0) is 11.2 Å². The number of amides is 1. The van der Waals surface area contributed by atoms with E-state index in [-0.39, 0.29) is 10.7 Å². The fourth-order valence-corrected chi connectivity index (χ4v) is 3.66. The number of alkyl halides is 1. The highest BCUT2D eigenvalue weighted by Gasteiger charge is 2.29. The largest absolute Gasteiger partial charge is 0.339 e. The van der Waals surface area contributed by atoms with Gasteiger partial charge in [0.1, 0.15) is 0 Å².